The smallest absolute Gasteiger partial charge is 0.237 e. The summed E-state index contributed by atoms with van der Waals surface area (Å²) in [6, 6.07) is 9.48. The summed E-state index contributed by atoms with van der Waals surface area (Å²) in [5.41, 5.74) is 1.03. The number of hydrogen-bond donors (Lipinski definition) is 0. The number of nitrogens with zero attached hydrogens (tertiary/aromatic N) is 1. The molecule has 0 aromatic heterocycles. The van der Waals surface area contributed by atoms with E-state index in [4.69, 9.17) is 0 Å². The molecule has 12 heavy (non-hydrogen) atoms. The van der Waals surface area contributed by atoms with E-state index >= 15 is 0 Å². The fraction of sp³-hybridized carbons (Fsp3) is 0.222. The Morgan fingerprint density at radius 1 is 1.33 bits per heavy atom. The van der Waals surface area contributed by atoms with E-state index in [0.717, 1.165) is 5.56 Å². The van der Waals surface area contributed by atoms with Crippen LogP contribution in [0.3, 0.4) is 0 Å². The van der Waals surface area contributed by atoms with Gasteiger partial charge in [-0.3, -0.25) is 4.79 Å². The molecule has 3 heteroatoms. The average molecular weight is 167 g/mol. The Kier molecular flexibility index (Phi) is 3.26. The van der Waals surface area contributed by atoms with Crippen LogP contribution in [-0.2, 0) is 11.2 Å². The van der Waals surface area contributed by atoms with Gasteiger partial charge in [-0.2, -0.15) is 5.12 Å². The molecule has 0 unspecified atom stereocenters. The van der Waals surface area contributed by atoms with Crippen LogP contribution in [0, 0.1) is 0 Å². The molecular formula is C9H10FNO. The second-order valence-corrected chi connectivity index (χ2v) is 2.46. The minimum atomic E-state index is 0.119. The van der Waals surface area contributed by atoms with E-state index in [-0.39, 0.29) is 18.1 Å². The first-order chi connectivity index (χ1) is 5.83. The van der Waals surface area contributed by atoms with E-state index < -0.39 is 0 Å². The number of halogens is 1. The van der Waals surface area contributed by atoms with Crippen LogP contribution < -0.4 is 0 Å². The van der Waals surface area contributed by atoms with Crippen molar-refractivity contribution in [3.05, 3.63) is 35.9 Å². The predicted octanol–water partition coefficient (Wildman–Crippen LogP) is 1.57. The monoisotopic (exact) mass is 167 g/mol. The number of amides is 1. The molecule has 0 N–H and O–H groups in total. The fourth-order valence-corrected chi connectivity index (χ4v) is 0.933. The third-order valence-corrected chi connectivity index (χ3v) is 1.57. The summed E-state index contributed by atoms with van der Waals surface area (Å²) >= 11 is 0. The normalized spacial score (nSPS) is 9.42. The van der Waals surface area contributed by atoms with Crippen LogP contribution in [0.4, 0.5) is 4.48 Å². The first-order valence-corrected chi connectivity index (χ1v) is 3.74. The van der Waals surface area contributed by atoms with E-state index in [1.165, 1.54) is 0 Å². The van der Waals surface area contributed by atoms with Crippen LogP contribution in [0.2, 0.25) is 0 Å². The summed E-state index contributed by atoms with van der Waals surface area (Å²) < 4.78 is 12.3. The molecule has 1 amide bonds. The van der Waals surface area contributed by atoms with Gasteiger partial charge in [-0.05, 0) is 12.0 Å². The van der Waals surface area contributed by atoms with Crippen molar-refractivity contribution in [2.75, 3.05) is 6.54 Å². The van der Waals surface area contributed by atoms with Crippen molar-refractivity contribution in [2.24, 2.45) is 0 Å². The molecule has 1 aromatic rings. The molecular weight excluding hydrogens is 157 g/mol. The molecule has 0 aliphatic carbocycles. The fourth-order valence-electron chi connectivity index (χ4n) is 0.933. The second-order valence-electron chi connectivity index (χ2n) is 2.46. The number of rotatable bonds is 4. The predicted molar refractivity (Wildman–Crippen MR) is 44.0 cm³/mol. The molecule has 0 saturated heterocycles. The molecule has 0 aliphatic heterocycles. The first kappa shape index (κ1) is 8.71. The Hall–Kier alpha value is -1.38. The summed E-state index contributed by atoms with van der Waals surface area (Å²) in [5.74, 6) is 0. The highest BCUT2D eigenvalue weighted by molar-refractivity contribution is 5.44. The molecule has 0 spiro atoms. The molecule has 2 nitrogen and oxygen atoms in total. The van der Waals surface area contributed by atoms with E-state index in [0.29, 0.717) is 6.42 Å². The lowest BCUT2D eigenvalue weighted by atomic mass is 10.1. The summed E-state index contributed by atoms with van der Waals surface area (Å²) in [4.78, 5) is 9.88. The van der Waals surface area contributed by atoms with E-state index in [9.17, 15) is 9.28 Å². The van der Waals surface area contributed by atoms with Crippen molar-refractivity contribution in [1.82, 2.24) is 5.12 Å². The lowest BCUT2D eigenvalue weighted by Gasteiger charge is -2.04. The quantitative estimate of drug-likeness (QED) is 0.492. The van der Waals surface area contributed by atoms with Gasteiger partial charge in [0, 0.05) is 0 Å². The Morgan fingerprint density at radius 2 is 2.00 bits per heavy atom. The van der Waals surface area contributed by atoms with Crippen LogP contribution in [0.15, 0.2) is 30.3 Å². The van der Waals surface area contributed by atoms with Gasteiger partial charge in [0.05, 0.1) is 6.54 Å². The molecule has 0 aliphatic rings. The van der Waals surface area contributed by atoms with Crippen molar-refractivity contribution in [3.63, 3.8) is 0 Å². The maximum Gasteiger partial charge on any atom is 0.237 e. The zero-order chi connectivity index (χ0) is 8.81. The third-order valence-electron chi connectivity index (χ3n) is 1.57. The number of benzene rings is 1. The lowest BCUT2D eigenvalue weighted by Crippen LogP contribution is -2.14. The van der Waals surface area contributed by atoms with Crippen LogP contribution >= 0.6 is 0 Å². The SMILES string of the molecule is O=CN(F)CCc1ccccc1. The standard InChI is InChI=1S/C9H10FNO/c10-11(8-12)7-6-9-4-2-1-3-5-9/h1-5,8H,6-7H2. The maximum atomic E-state index is 12.3. The number of hydrogen-bond acceptors (Lipinski definition) is 1. The van der Waals surface area contributed by atoms with Gasteiger partial charge in [0.2, 0.25) is 6.41 Å². The molecule has 0 radical (unpaired) electrons. The van der Waals surface area contributed by atoms with Crippen molar-refractivity contribution in [3.8, 4) is 0 Å². The number of carbonyl (C=O) groups excluding carboxylic acids is 1. The molecule has 0 fully saturated rings. The highest BCUT2D eigenvalue weighted by atomic mass is 19.2. The van der Waals surface area contributed by atoms with Gasteiger partial charge in [-0.15, -0.1) is 0 Å². The molecule has 0 saturated carbocycles. The Balaban J connectivity index is 2.38. The van der Waals surface area contributed by atoms with Gasteiger partial charge in [0.25, 0.3) is 0 Å². The highest BCUT2D eigenvalue weighted by Gasteiger charge is 1.97. The van der Waals surface area contributed by atoms with E-state index in [2.05, 4.69) is 0 Å². The second kappa shape index (κ2) is 4.49. The van der Waals surface area contributed by atoms with Gasteiger partial charge in [-0.25, -0.2) is 0 Å². The molecule has 0 bridgehead atoms. The van der Waals surface area contributed by atoms with Crippen LogP contribution in [0.25, 0.3) is 0 Å². The Labute approximate surface area is 70.5 Å². The van der Waals surface area contributed by atoms with Crippen molar-refractivity contribution in [1.29, 1.82) is 0 Å². The van der Waals surface area contributed by atoms with Crippen LogP contribution in [0.1, 0.15) is 5.56 Å². The minimum absolute atomic E-state index is 0.119. The molecule has 0 heterocycles. The Morgan fingerprint density at radius 3 is 2.58 bits per heavy atom. The third kappa shape index (κ3) is 2.70. The number of carbonyl (C=O) groups is 1. The van der Waals surface area contributed by atoms with Crippen molar-refractivity contribution >= 4 is 6.41 Å². The molecule has 1 aromatic carbocycles. The van der Waals surface area contributed by atoms with E-state index in [1.54, 1.807) is 0 Å². The summed E-state index contributed by atoms with van der Waals surface area (Å²) in [5, 5.41) is 0.146. The minimum Gasteiger partial charge on any atom is -0.276 e. The van der Waals surface area contributed by atoms with Crippen LogP contribution in [0.5, 0.6) is 0 Å². The molecule has 0 atom stereocenters. The van der Waals surface area contributed by atoms with Gasteiger partial charge < -0.3 is 0 Å². The van der Waals surface area contributed by atoms with Gasteiger partial charge in [-0.1, -0.05) is 34.8 Å². The molecule has 64 valence electrons. The lowest BCUT2D eigenvalue weighted by molar-refractivity contribution is -0.131. The Bertz CT molecular complexity index is 238. The zero-order valence-corrected chi connectivity index (χ0v) is 6.61. The van der Waals surface area contributed by atoms with Gasteiger partial charge in [0.1, 0.15) is 0 Å². The van der Waals surface area contributed by atoms with Crippen molar-refractivity contribution in [2.45, 2.75) is 6.42 Å². The topological polar surface area (TPSA) is 20.3 Å². The summed E-state index contributed by atoms with van der Waals surface area (Å²) in [6.07, 6.45) is 0.735. The first-order valence-electron chi connectivity index (χ1n) is 3.74. The van der Waals surface area contributed by atoms with Gasteiger partial charge in [0.15, 0.2) is 0 Å². The zero-order valence-electron chi connectivity index (χ0n) is 6.61. The van der Waals surface area contributed by atoms with Crippen molar-refractivity contribution < 1.29 is 9.28 Å². The maximum absolute atomic E-state index is 12.3. The molecule has 1 rings (SSSR count). The largest absolute Gasteiger partial charge is 0.276 e. The van der Waals surface area contributed by atoms with E-state index in [1.807, 2.05) is 30.3 Å². The average Bonchev–Trinajstić information content (AvgIpc) is 2.16. The summed E-state index contributed by atoms with van der Waals surface area (Å²) in [6.45, 7) is 0.119. The summed E-state index contributed by atoms with van der Waals surface area (Å²) in [7, 11) is 0. The van der Waals surface area contributed by atoms with Crippen LogP contribution in [-0.4, -0.2) is 18.1 Å². The van der Waals surface area contributed by atoms with Gasteiger partial charge >= 0.3 is 0 Å². The highest BCUT2D eigenvalue weighted by Crippen LogP contribution is 2.00.